The van der Waals surface area contributed by atoms with Crippen molar-refractivity contribution in [2.45, 2.75) is 131 Å². The molecule has 0 bridgehead atoms. The number of fused-ring (bicyclic) bond motifs is 1. The number of hydrogen-bond acceptors (Lipinski definition) is 19. The third-order valence-corrected chi connectivity index (χ3v) is 22.8. The molecule has 4 aromatic carbocycles. The molecular weight excluding hydrogens is 1530 g/mol. The number of carboxylic acids is 7. The van der Waals surface area contributed by atoms with Gasteiger partial charge in [-0.15, -0.1) is 47.0 Å². The molecule has 1 saturated heterocycles. The first-order chi connectivity index (χ1) is 53.8. The number of carbonyl (C=O) groups excluding carboxylic acids is 5. The summed E-state index contributed by atoms with van der Waals surface area (Å²) < 4.78 is 0. The predicted octanol–water partition coefficient (Wildman–Crippen LogP) is 8.94. The maximum atomic E-state index is 12.6. The van der Waals surface area contributed by atoms with Gasteiger partial charge in [0.05, 0.1) is 30.6 Å². The lowest BCUT2D eigenvalue weighted by atomic mass is 9.89. The Kier molecular flexibility index (Phi) is 35.6. The third kappa shape index (κ3) is 28.1. The Morgan fingerprint density at radius 3 is 1.30 bits per heavy atom. The van der Waals surface area contributed by atoms with E-state index >= 15 is 0 Å². The van der Waals surface area contributed by atoms with E-state index in [-0.39, 0.29) is 71.0 Å². The number of nitrogens with zero attached hydrogens (tertiary/aromatic N) is 3. The minimum Gasteiger partial charge on any atom is -0.480 e. The Bertz CT molecular complexity index is 4420. The topological polar surface area (TPSA) is 454 Å². The van der Waals surface area contributed by atoms with Gasteiger partial charge < -0.3 is 62.5 Å². The fourth-order valence-electron chi connectivity index (χ4n) is 11.7. The normalized spacial score (nSPS) is 20.6. The van der Waals surface area contributed by atoms with Gasteiger partial charge in [-0.3, -0.25) is 38.9 Å². The largest absolute Gasteiger partial charge is 0.480 e. The molecule has 5 heterocycles. The van der Waals surface area contributed by atoms with E-state index in [1.54, 1.807) is 115 Å². The summed E-state index contributed by atoms with van der Waals surface area (Å²) in [5.41, 5.74) is 5.30. The van der Waals surface area contributed by atoms with Crippen molar-refractivity contribution in [1.29, 1.82) is 0 Å². The average molecular weight is 1620 g/mol. The number of aliphatic carboxylic acids is 7. The Morgan fingerprint density at radius 1 is 0.504 bits per heavy atom. The van der Waals surface area contributed by atoms with Gasteiger partial charge in [0.2, 0.25) is 23.6 Å². The first kappa shape index (κ1) is 89.3. The zero-order valence-corrected chi connectivity index (χ0v) is 65.2. The number of nitrogens with one attached hydrogen (secondary N) is 4. The molecule has 0 aromatic heterocycles. The van der Waals surface area contributed by atoms with Crippen LogP contribution in [0.1, 0.15) is 87.5 Å². The fraction of sp³-hybridized carbons (Fsp3) is 0.341. The van der Waals surface area contributed by atoms with Crippen molar-refractivity contribution >= 4 is 130 Å². The first-order valence-corrected chi connectivity index (χ1v) is 40.5. The summed E-state index contributed by atoms with van der Waals surface area (Å²) in [4.78, 5) is 153. The van der Waals surface area contributed by atoms with Gasteiger partial charge in [-0.05, 0) is 94.9 Å². The van der Waals surface area contributed by atoms with Gasteiger partial charge in [0.1, 0.15) is 44.7 Å². The molecule has 31 heteroatoms. The molecular formula is C82H91N7O20S4. The van der Waals surface area contributed by atoms with E-state index in [0.29, 0.717) is 63.6 Å². The number of ketones is 1. The number of β-lactam (4-membered cyclic amide) rings is 1. The van der Waals surface area contributed by atoms with Crippen molar-refractivity contribution in [3.05, 3.63) is 238 Å². The molecule has 27 nitrogen and oxygen atoms in total. The van der Waals surface area contributed by atoms with Crippen molar-refractivity contribution in [2.75, 3.05) is 23.0 Å². The molecule has 13 N–H and O–H groups in total. The van der Waals surface area contributed by atoms with Crippen molar-refractivity contribution in [3.63, 3.8) is 0 Å². The monoisotopic (exact) mass is 1620 g/mol. The summed E-state index contributed by atoms with van der Waals surface area (Å²) in [6.07, 6.45) is 26.2. The average Bonchev–Trinajstić information content (AvgIpc) is 1.66. The molecule has 0 spiro atoms. The number of aliphatic imine (C=N–C) groups is 2. The molecule has 7 aliphatic rings. The number of thioether (sulfide) groups is 4. The highest BCUT2D eigenvalue weighted by molar-refractivity contribution is 8.01. The van der Waals surface area contributed by atoms with Crippen molar-refractivity contribution in [2.24, 2.45) is 27.7 Å². The number of unbranched alkanes of at least 4 members (excludes halogenated alkanes) is 1. The maximum Gasteiger partial charge on any atom is 0.354 e. The SMILES string of the molecule is CC/C=C/C=C1\CSC(C(NC(=O)Cc2ccccc2)C(=O)O)N=C1C(=O)O.CCC/C=C/C=C1\CSC(C(NC(=O)Cc2ccccc2)C(=O)O)N=C1C(=O)O.O.O=C(Cc1ccccc1)CC1C(=O)N2C(C(=O)O)=C(/C=C/C3CC3)CSC12.O=C(Cc1ccccc1)NC(C(=O)O)C1NC(C(=O)O)=C(/C=C/C2CC2)CS1. The zero-order chi connectivity index (χ0) is 80.8. The molecule has 113 heavy (non-hydrogen) atoms. The lowest BCUT2D eigenvalue weighted by Gasteiger charge is -2.49. The number of allylic oxidation sites excluding steroid dienone is 10. The summed E-state index contributed by atoms with van der Waals surface area (Å²) >= 11 is 5.20. The maximum absolute atomic E-state index is 12.6. The van der Waals surface area contributed by atoms with E-state index in [1.807, 2.05) is 92.8 Å². The van der Waals surface area contributed by atoms with Crippen molar-refractivity contribution in [1.82, 2.24) is 26.2 Å². The number of carboxylic acid groups (broad SMARTS) is 7. The van der Waals surface area contributed by atoms with Gasteiger partial charge in [-0.1, -0.05) is 202 Å². The Morgan fingerprint density at radius 2 is 0.912 bits per heavy atom. The standard InChI is InChI=1S/C21H24N2O5S.C21H21NO4S.2C20H22N2O5S.H2O/c1-2-3-4-8-11-15-13-29-19(23-17(15)20(25)26)18(21(27)28)22-16(24)12-14-9-6-5-7-10-14;23-16(10-14-4-2-1-3-5-14)11-17-19(24)22-18(21(25)26)15(12-27-20(17)22)9-8-13-6-7-13;23-15(10-13-4-2-1-3-5-13)21-17(20(26)27)18-22-16(19(24)25)14(11-28-18)9-8-12-6-7-12;1-2-3-5-10-14-12-28-18(22-16(14)19(24)25)17(20(26)27)21-15(23)11-13-8-6-4-7-9-13;/h4-11,18-19H,2-3,12-13H2,1H3,(H,22,24)(H,25,26)(H,27,28);1-5,8-9,13,17,20H,6-7,10-12H2,(H,25,26);1-5,8-9,12,17-18,22H,6-7,10-11H2,(H,21,23)(H,24,25)(H,26,27);3-10,17-18H,2,11-12H2,1H3,(H,21,23)(H,24,25)(H,26,27);1H2/b8-4+,15-11+;2*9-8+;5-3+,14-10+;. The second-order valence-corrected chi connectivity index (χ2v) is 31.1. The highest BCUT2D eigenvalue weighted by atomic mass is 32.2. The molecule has 11 rings (SSSR count). The Balaban J connectivity index is 0.000000208. The Labute approximate surface area is 669 Å². The van der Waals surface area contributed by atoms with Crippen LogP contribution in [0.15, 0.2) is 226 Å². The third-order valence-electron chi connectivity index (χ3n) is 17.8. The van der Waals surface area contributed by atoms with Crippen molar-refractivity contribution < 1.29 is 98.8 Å². The van der Waals surface area contributed by atoms with Gasteiger partial charge in [0.25, 0.3) is 0 Å². The van der Waals surface area contributed by atoms with E-state index in [9.17, 15) is 93.3 Å². The van der Waals surface area contributed by atoms with Crippen LogP contribution in [-0.2, 0) is 83.2 Å². The molecule has 3 fully saturated rings. The van der Waals surface area contributed by atoms with E-state index in [0.717, 1.165) is 67.2 Å². The number of hydrogen-bond donors (Lipinski definition) is 11. The molecule has 598 valence electrons. The van der Waals surface area contributed by atoms with Gasteiger partial charge in [-0.25, -0.2) is 33.6 Å². The van der Waals surface area contributed by atoms with Crippen LogP contribution in [0, 0.1) is 17.8 Å². The second kappa shape index (κ2) is 45.0. The second-order valence-electron chi connectivity index (χ2n) is 26.6. The van der Waals surface area contributed by atoms with Crippen LogP contribution in [0.3, 0.4) is 0 Å². The van der Waals surface area contributed by atoms with Crippen LogP contribution in [-0.4, -0.2) is 191 Å². The van der Waals surface area contributed by atoms with Gasteiger partial charge in [0, 0.05) is 35.9 Å². The van der Waals surface area contributed by atoms with Crippen LogP contribution in [0.5, 0.6) is 0 Å². The number of rotatable bonds is 32. The molecule has 4 amide bonds. The summed E-state index contributed by atoms with van der Waals surface area (Å²) in [6.45, 7) is 4.00. The molecule has 8 atom stereocenters. The molecule has 4 aromatic rings. The van der Waals surface area contributed by atoms with Crippen LogP contribution < -0.4 is 21.3 Å². The Hall–Kier alpha value is -10.9. The lowest BCUT2D eigenvalue weighted by molar-refractivity contribution is -0.153. The van der Waals surface area contributed by atoms with Crippen LogP contribution in [0.2, 0.25) is 0 Å². The minimum atomic E-state index is -1.32. The quantitative estimate of drug-likeness (QED) is 0.0203. The molecule has 0 radical (unpaired) electrons. The minimum absolute atomic E-state index is 0. The van der Waals surface area contributed by atoms with Crippen LogP contribution >= 0.6 is 47.0 Å². The lowest BCUT2D eigenvalue weighted by Crippen LogP contribution is -2.61. The highest BCUT2D eigenvalue weighted by Gasteiger charge is 2.54. The van der Waals surface area contributed by atoms with E-state index < -0.39 is 99.7 Å². The molecule has 2 aliphatic carbocycles. The molecule has 5 aliphatic heterocycles. The number of carbonyl (C=O) groups is 12. The molecule has 8 unspecified atom stereocenters. The van der Waals surface area contributed by atoms with E-state index in [2.05, 4.69) is 31.3 Å². The predicted molar refractivity (Wildman–Crippen MR) is 434 cm³/mol. The zero-order valence-electron chi connectivity index (χ0n) is 61.9. The number of benzene rings is 4. The van der Waals surface area contributed by atoms with Gasteiger partial charge in [0.15, 0.2) is 18.1 Å². The summed E-state index contributed by atoms with van der Waals surface area (Å²) in [5, 5.41) is 74.1. The number of Topliss-reactive ketones (excluding diaryl/α,β-unsaturated/α-hetero) is 1. The summed E-state index contributed by atoms with van der Waals surface area (Å²) in [5.74, 6) is -7.81. The van der Waals surface area contributed by atoms with Crippen LogP contribution in [0.4, 0.5) is 0 Å². The summed E-state index contributed by atoms with van der Waals surface area (Å²) in [7, 11) is 0. The first-order valence-electron chi connectivity index (χ1n) is 36.3. The van der Waals surface area contributed by atoms with E-state index in [4.69, 9.17) is 0 Å². The van der Waals surface area contributed by atoms with E-state index in [1.165, 1.54) is 40.2 Å². The van der Waals surface area contributed by atoms with Gasteiger partial charge >= 0.3 is 41.8 Å². The van der Waals surface area contributed by atoms with Gasteiger partial charge in [-0.2, -0.15) is 0 Å². The molecule has 2 saturated carbocycles. The number of amides is 4. The fourth-order valence-corrected chi connectivity index (χ4v) is 16.5. The highest BCUT2D eigenvalue weighted by Crippen LogP contribution is 2.46. The smallest absolute Gasteiger partial charge is 0.354 e. The van der Waals surface area contributed by atoms with Crippen molar-refractivity contribution in [3.8, 4) is 0 Å². The van der Waals surface area contributed by atoms with Crippen LogP contribution in [0.25, 0.3) is 0 Å². The summed E-state index contributed by atoms with van der Waals surface area (Å²) in [6, 6.07) is 32.5.